The van der Waals surface area contributed by atoms with E-state index in [1.807, 2.05) is 6.92 Å². The van der Waals surface area contributed by atoms with Crippen molar-refractivity contribution >= 4 is 11.4 Å². The van der Waals surface area contributed by atoms with Gasteiger partial charge in [0.1, 0.15) is 0 Å². The minimum Gasteiger partial charge on any atom is -0.491 e. The first-order valence-corrected chi connectivity index (χ1v) is 7.74. The summed E-state index contributed by atoms with van der Waals surface area (Å²) < 4.78 is 18.9. The van der Waals surface area contributed by atoms with Crippen molar-refractivity contribution in [2.45, 2.75) is 26.2 Å². The molecule has 0 amide bonds. The number of rotatable bonds is 6. The number of halogens is 1. The Labute approximate surface area is 126 Å². The van der Waals surface area contributed by atoms with Crippen LogP contribution in [0.3, 0.4) is 0 Å². The highest BCUT2D eigenvalue weighted by atomic mass is 19.1. The van der Waals surface area contributed by atoms with E-state index in [0.29, 0.717) is 12.3 Å². The molecule has 0 spiro atoms. The van der Waals surface area contributed by atoms with Gasteiger partial charge >= 0.3 is 0 Å². The lowest BCUT2D eigenvalue weighted by atomic mass is 9.94. The van der Waals surface area contributed by atoms with E-state index in [2.05, 4.69) is 17.3 Å². The molecule has 1 aromatic rings. The zero-order valence-electron chi connectivity index (χ0n) is 13.0. The van der Waals surface area contributed by atoms with Crippen molar-refractivity contribution in [1.82, 2.24) is 4.90 Å². The number of piperidine rings is 1. The maximum absolute atomic E-state index is 13.6. The Morgan fingerprint density at radius 2 is 2.10 bits per heavy atom. The first-order valence-electron chi connectivity index (χ1n) is 7.74. The Morgan fingerprint density at radius 1 is 1.38 bits per heavy atom. The van der Waals surface area contributed by atoms with E-state index in [9.17, 15) is 4.39 Å². The summed E-state index contributed by atoms with van der Waals surface area (Å²) in [6, 6.07) is 2.98. The minimum absolute atomic E-state index is 0.258. The summed E-state index contributed by atoms with van der Waals surface area (Å²) in [5, 5.41) is 3.31. The van der Waals surface area contributed by atoms with Crippen molar-refractivity contribution in [1.29, 1.82) is 0 Å². The number of benzene rings is 1. The molecule has 1 aliphatic rings. The van der Waals surface area contributed by atoms with E-state index in [-0.39, 0.29) is 5.75 Å². The van der Waals surface area contributed by atoms with Gasteiger partial charge in [0.25, 0.3) is 0 Å². The molecule has 2 rings (SSSR count). The maximum Gasteiger partial charge on any atom is 0.167 e. The molecule has 118 valence electrons. The number of nitrogen functional groups attached to an aromatic ring is 1. The summed E-state index contributed by atoms with van der Waals surface area (Å²) in [7, 11) is 2.17. The zero-order valence-corrected chi connectivity index (χ0v) is 13.0. The molecule has 1 fully saturated rings. The fraction of sp³-hybridized carbons (Fsp3) is 0.625. The summed E-state index contributed by atoms with van der Waals surface area (Å²) in [5.74, 6) is 0.616. The molecule has 0 aromatic heterocycles. The molecule has 0 aliphatic carbocycles. The largest absolute Gasteiger partial charge is 0.491 e. The van der Waals surface area contributed by atoms with Gasteiger partial charge in [0.2, 0.25) is 0 Å². The van der Waals surface area contributed by atoms with Crippen LogP contribution in [0.25, 0.3) is 0 Å². The van der Waals surface area contributed by atoms with Gasteiger partial charge in [-0.25, -0.2) is 4.39 Å². The van der Waals surface area contributed by atoms with Crippen molar-refractivity contribution in [2.75, 3.05) is 44.3 Å². The van der Waals surface area contributed by atoms with Gasteiger partial charge in [0.05, 0.1) is 18.0 Å². The van der Waals surface area contributed by atoms with Crippen LogP contribution in [0, 0.1) is 11.7 Å². The zero-order chi connectivity index (χ0) is 15.2. The van der Waals surface area contributed by atoms with Gasteiger partial charge in [0, 0.05) is 18.7 Å². The third-order valence-corrected chi connectivity index (χ3v) is 4.11. The fourth-order valence-electron chi connectivity index (χ4n) is 2.75. The topological polar surface area (TPSA) is 50.5 Å². The summed E-state index contributed by atoms with van der Waals surface area (Å²) in [4.78, 5) is 2.37. The van der Waals surface area contributed by atoms with Gasteiger partial charge in [-0.15, -0.1) is 0 Å². The van der Waals surface area contributed by atoms with Crippen LogP contribution < -0.4 is 15.8 Å². The lowest BCUT2D eigenvalue weighted by Gasteiger charge is -2.29. The number of nitrogens with one attached hydrogen (secondary N) is 1. The van der Waals surface area contributed by atoms with E-state index >= 15 is 0 Å². The van der Waals surface area contributed by atoms with Crippen molar-refractivity contribution in [3.8, 4) is 5.75 Å². The minimum atomic E-state index is -0.407. The van der Waals surface area contributed by atoms with E-state index in [1.165, 1.54) is 32.0 Å². The van der Waals surface area contributed by atoms with Crippen LogP contribution in [0.5, 0.6) is 5.75 Å². The summed E-state index contributed by atoms with van der Waals surface area (Å²) >= 11 is 0. The van der Waals surface area contributed by atoms with Crippen molar-refractivity contribution < 1.29 is 9.13 Å². The second kappa shape index (κ2) is 7.50. The molecule has 0 atom stereocenters. The molecule has 1 aromatic carbocycles. The maximum atomic E-state index is 13.6. The normalized spacial score (nSPS) is 16.9. The second-order valence-corrected chi connectivity index (χ2v) is 5.76. The molecule has 3 N–H and O–H groups in total. The van der Waals surface area contributed by atoms with Crippen molar-refractivity contribution in [2.24, 2.45) is 5.92 Å². The Kier molecular flexibility index (Phi) is 5.67. The summed E-state index contributed by atoms with van der Waals surface area (Å²) in [5.41, 5.74) is 7.05. The number of hydrogen-bond donors (Lipinski definition) is 2. The second-order valence-electron chi connectivity index (χ2n) is 5.76. The van der Waals surface area contributed by atoms with Gasteiger partial charge in [-0.05, 0) is 52.2 Å². The van der Waals surface area contributed by atoms with Crippen LogP contribution >= 0.6 is 0 Å². The molecule has 1 heterocycles. The Balaban J connectivity index is 1.86. The highest BCUT2D eigenvalue weighted by Crippen LogP contribution is 2.28. The number of nitrogens with two attached hydrogens (primary N) is 1. The first-order chi connectivity index (χ1) is 10.1. The number of hydrogen-bond acceptors (Lipinski definition) is 4. The summed E-state index contributed by atoms with van der Waals surface area (Å²) in [6.45, 7) is 5.49. The van der Waals surface area contributed by atoms with Crippen molar-refractivity contribution in [3.05, 3.63) is 17.9 Å². The smallest absolute Gasteiger partial charge is 0.167 e. The van der Waals surface area contributed by atoms with E-state index < -0.39 is 5.82 Å². The molecule has 5 heteroatoms. The van der Waals surface area contributed by atoms with Crippen LogP contribution in [0.4, 0.5) is 15.8 Å². The molecule has 0 unspecified atom stereocenters. The van der Waals surface area contributed by atoms with Gasteiger partial charge in [0.15, 0.2) is 11.6 Å². The number of nitrogens with zero attached hydrogens (tertiary/aromatic N) is 1. The van der Waals surface area contributed by atoms with Gasteiger partial charge < -0.3 is 20.7 Å². The lowest BCUT2D eigenvalue weighted by Crippen LogP contribution is -2.30. The molecular weight excluding hydrogens is 269 g/mol. The average molecular weight is 295 g/mol. The molecule has 21 heavy (non-hydrogen) atoms. The average Bonchev–Trinajstić information content (AvgIpc) is 2.46. The third-order valence-electron chi connectivity index (χ3n) is 4.11. The fourth-order valence-corrected chi connectivity index (χ4v) is 2.75. The Bertz CT molecular complexity index is 459. The summed E-state index contributed by atoms with van der Waals surface area (Å²) in [6.07, 6.45) is 3.62. The molecule has 1 aliphatic heterocycles. The van der Waals surface area contributed by atoms with E-state index in [0.717, 1.165) is 24.6 Å². The molecule has 1 saturated heterocycles. The van der Waals surface area contributed by atoms with Crippen LogP contribution in [-0.4, -0.2) is 38.2 Å². The number of ether oxygens (including phenoxy) is 1. The molecule has 0 bridgehead atoms. The Morgan fingerprint density at radius 3 is 2.76 bits per heavy atom. The predicted octanol–water partition coefficient (Wildman–Crippen LogP) is 2.95. The number of anilines is 2. The molecule has 4 nitrogen and oxygen atoms in total. The molecule has 0 saturated carbocycles. The lowest BCUT2D eigenvalue weighted by molar-refractivity contribution is 0.215. The molecular formula is C16H26FN3O. The number of likely N-dealkylation sites (tertiary alicyclic amines) is 1. The van der Waals surface area contributed by atoms with Crippen LogP contribution in [0.1, 0.15) is 26.2 Å². The third kappa shape index (κ3) is 4.49. The van der Waals surface area contributed by atoms with Crippen LogP contribution in [0.2, 0.25) is 0 Å². The van der Waals surface area contributed by atoms with E-state index in [4.69, 9.17) is 10.5 Å². The van der Waals surface area contributed by atoms with Crippen molar-refractivity contribution in [3.63, 3.8) is 0 Å². The highest BCUT2D eigenvalue weighted by molar-refractivity contribution is 5.68. The van der Waals surface area contributed by atoms with Crippen LogP contribution in [0.15, 0.2) is 12.1 Å². The van der Waals surface area contributed by atoms with Gasteiger partial charge in [-0.2, -0.15) is 0 Å². The van der Waals surface area contributed by atoms with E-state index in [1.54, 1.807) is 6.07 Å². The van der Waals surface area contributed by atoms with Crippen LogP contribution in [-0.2, 0) is 0 Å². The molecule has 0 radical (unpaired) electrons. The monoisotopic (exact) mass is 295 g/mol. The quantitative estimate of drug-likeness (QED) is 0.792. The predicted molar refractivity (Wildman–Crippen MR) is 85.3 cm³/mol. The highest BCUT2D eigenvalue weighted by Gasteiger charge is 2.16. The first kappa shape index (κ1) is 15.9. The van der Waals surface area contributed by atoms with Gasteiger partial charge in [-0.3, -0.25) is 0 Å². The SMILES string of the molecule is CCOc1cc(NCCC2CCN(C)CC2)c(N)cc1F. The standard InChI is InChI=1S/C16H26FN3O/c1-3-21-16-11-15(14(18)10-13(16)17)19-7-4-12-5-8-20(2)9-6-12/h10-12,19H,3-9,18H2,1-2H3. The van der Waals surface area contributed by atoms with Gasteiger partial charge in [-0.1, -0.05) is 0 Å². The Hall–Kier alpha value is -1.49.